The molecule has 0 aliphatic heterocycles. The van der Waals surface area contributed by atoms with Crippen molar-refractivity contribution in [2.75, 3.05) is 7.11 Å². The Labute approximate surface area is 87.7 Å². The molecule has 0 aliphatic carbocycles. The molecule has 0 fully saturated rings. The Balaban J connectivity index is 2.42. The third-order valence-corrected chi connectivity index (χ3v) is 2.21. The van der Waals surface area contributed by atoms with Crippen molar-refractivity contribution in [3.05, 3.63) is 53.9 Å². The fourth-order valence-corrected chi connectivity index (χ4v) is 1.45. The van der Waals surface area contributed by atoms with E-state index in [1.54, 1.807) is 37.7 Å². The van der Waals surface area contributed by atoms with Crippen LogP contribution in [0.4, 0.5) is 0 Å². The number of para-hydroxylation sites is 1. The third kappa shape index (κ3) is 1.76. The molecule has 0 unspecified atom stereocenters. The first kappa shape index (κ1) is 9.52. The molecule has 1 heterocycles. The van der Waals surface area contributed by atoms with Crippen LogP contribution in [-0.2, 0) is 0 Å². The number of hydrogen-bond donors (Lipinski definition) is 1. The highest BCUT2D eigenvalue weighted by molar-refractivity contribution is 6.10. The Kier molecular flexibility index (Phi) is 2.54. The maximum absolute atomic E-state index is 12.0. The first-order chi connectivity index (χ1) is 7.33. The largest absolute Gasteiger partial charge is 0.496 e. The second-order valence-electron chi connectivity index (χ2n) is 3.13. The molecule has 0 amide bonds. The standard InChI is InChI=1S/C12H11NO2/c1-15-11-5-3-2-4-10(11)12(14)9-6-7-13-8-9/h2-8,13H,1H3. The highest BCUT2D eigenvalue weighted by atomic mass is 16.5. The summed E-state index contributed by atoms with van der Waals surface area (Å²) in [5.74, 6) is 0.567. The van der Waals surface area contributed by atoms with Crippen molar-refractivity contribution in [1.82, 2.24) is 4.98 Å². The molecule has 0 spiro atoms. The van der Waals surface area contributed by atoms with Gasteiger partial charge in [0.1, 0.15) is 5.75 Å². The van der Waals surface area contributed by atoms with E-state index in [0.717, 1.165) is 0 Å². The van der Waals surface area contributed by atoms with Gasteiger partial charge in [0.15, 0.2) is 5.78 Å². The zero-order valence-corrected chi connectivity index (χ0v) is 8.36. The smallest absolute Gasteiger partial charge is 0.198 e. The molecule has 0 radical (unpaired) electrons. The van der Waals surface area contributed by atoms with Crippen molar-refractivity contribution < 1.29 is 9.53 Å². The minimum Gasteiger partial charge on any atom is -0.496 e. The second kappa shape index (κ2) is 4.00. The molecule has 15 heavy (non-hydrogen) atoms. The van der Waals surface area contributed by atoms with Gasteiger partial charge in [-0.2, -0.15) is 0 Å². The molecule has 0 aliphatic rings. The highest BCUT2D eigenvalue weighted by Crippen LogP contribution is 2.20. The van der Waals surface area contributed by atoms with E-state index >= 15 is 0 Å². The summed E-state index contributed by atoms with van der Waals surface area (Å²) in [4.78, 5) is 14.8. The zero-order valence-electron chi connectivity index (χ0n) is 8.36. The number of rotatable bonds is 3. The number of aromatic amines is 1. The van der Waals surface area contributed by atoms with E-state index in [2.05, 4.69) is 4.98 Å². The van der Waals surface area contributed by atoms with Crippen LogP contribution in [0.15, 0.2) is 42.7 Å². The Bertz CT molecular complexity index is 460. The first-order valence-electron chi connectivity index (χ1n) is 4.63. The number of hydrogen-bond acceptors (Lipinski definition) is 2. The van der Waals surface area contributed by atoms with Crippen molar-refractivity contribution in [3.8, 4) is 5.75 Å². The van der Waals surface area contributed by atoms with Crippen LogP contribution in [0.3, 0.4) is 0 Å². The van der Waals surface area contributed by atoms with Crippen LogP contribution < -0.4 is 4.74 Å². The van der Waals surface area contributed by atoms with Crippen molar-refractivity contribution in [2.45, 2.75) is 0 Å². The quantitative estimate of drug-likeness (QED) is 0.774. The van der Waals surface area contributed by atoms with Gasteiger partial charge in [-0.15, -0.1) is 0 Å². The number of aromatic nitrogens is 1. The zero-order chi connectivity index (χ0) is 10.7. The molecular weight excluding hydrogens is 190 g/mol. The SMILES string of the molecule is COc1ccccc1C(=O)c1cc[nH]c1. The molecule has 0 atom stereocenters. The topological polar surface area (TPSA) is 42.1 Å². The van der Waals surface area contributed by atoms with Crippen LogP contribution in [0, 0.1) is 0 Å². The van der Waals surface area contributed by atoms with E-state index in [9.17, 15) is 4.79 Å². The maximum Gasteiger partial charge on any atom is 0.198 e. The van der Waals surface area contributed by atoms with Crippen LogP contribution in [0.25, 0.3) is 0 Å². The van der Waals surface area contributed by atoms with Gasteiger partial charge in [-0.1, -0.05) is 12.1 Å². The number of benzene rings is 1. The second-order valence-corrected chi connectivity index (χ2v) is 3.13. The molecule has 2 rings (SSSR count). The molecule has 2 aromatic rings. The normalized spacial score (nSPS) is 9.93. The minimum absolute atomic E-state index is 0.0336. The summed E-state index contributed by atoms with van der Waals surface area (Å²) in [6.45, 7) is 0. The summed E-state index contributed by atoms with van der Waals surface area (Å²) in [7, 11) is 1.56. The fraction of sp³-hybridized carbons (Fsp3) is 0.0833. The first-order valence-corrected chi connectivity index (χ1v) is 4.63. The Morgan fingerprint density at radius 3 is 2.73 bits per heavy atom. The highest BCUT2D eigenvalue weighted by Gasteiger charge is 2.13. The lowest BCUT2D eigenvalue weighted by Gasteiger charge is -2.05. The van der Waals surface area contributed by atoms with Gasteiger partial charge in [-0.05, 0) is 18.2 Å². The monoisotopic (exact) mass is 201 g/mol. The molecule has 0 saturated heterocycles. The number of methoxy groups -OCH3 is 1. The van der Waals surface area contributed by atoms with Gasteiger partial charge < -0.3 is 9.72 Å². The molecule has 1 N–H and O–H groups in total. The predicted molar refractivity (Wildman–Crippen MR) is 57.2 cm³/mol. The van der Waals surface area contributed by atoms with Gasteiger partial charge in [0.25, 0.3) is 0 Å². The summed E-state index contributed by atoms with van der Waals surface area (Å²) in [6, 6.07) is 8.94. The minimum atomic E-state index is -0.0336. The lowest BCUT2D eigenvalue weighted by Crippen LogP contribution is -2.02. The van der Waals surface area contributed by atoms with E-state index in [0.29, 0.717) is 16.9 Å². The van der Waals surface area contributed by atoms with Gasteiger partial charge in [0, 0.05) is 18.0 Å². The molecule has 3 nitrogen and oxygen atoms in total. The van der Waals surface area contributed by atoms with Gasteiger partial charge in [0.2, 0.25) is 0 Å². The van der Waals surface area contributed by atoms with Crippen LogP contribution in [0.1, 0.15) is 15.9 Å². The average molecular weight is 201 g/mol. The molecular formula is C12H11NO2. The van der Waals surface area contributed by atoms with Gasteiger partial charge in [0.05, 0.1) is 12.7 Å². The van der Waals surface area contributed by atoms with Gasteiger partial charge in [-0.25, -0.2) is 0 Å². The molecule has 0 bridgehead atoms. The van der Waals surface area contributed by atoms with Crippen LogP contribution in [0.5, 0.6) is 5.75 Å². The van der Waals surface area contributed by atoms with E-state index in [1.165, 1.54) is 0 Å². The third-order valence-electron chi connectivity index (χ3n) is 2.21. The summed E-state index contributed by atoms with van der Waals surface area (Å²) in [6.07, 6.45) is 3.40. The van der Waals surface area contributed by atoms with E-state index < -0.39 is 0 Å². The van der Waals surface area contributed by atoms with E-state index in [-0.39, 0.29) is 5.78 Å². The number of ether oxygens (including phenoxy) is 1. The number of ketones is 1. The average Bonchev–Trinajstić information content (AvgIpc) is 2.81. The lowest BCUT2D eigenvalue weighted by molar-refractivity contribution is 0.103. The Hall–Kier alpha value is -2.03. The Morgan fingerprint density at radius 1 is 1.27 bits per heavy atom. The molecule has 1 aromatic heterocycles. The van der Waals surface area contributed by atoms with Gasteiger partial charge >= 0.3 is 0 Å². The van der Waals surface area contributed by atoms with Gasteiger partial charge in [-0.3, -0.25) is 4.79 Å². The summed E-state index contributed by atoms with van der Waals surface area (Å²) in [5, 5.41) is 0. The maximum atomic E-state index is 12.0. The van der Waals surface area contributed by atoms with Crippen molar-refractivity contribution in [3.63, 3.8) is 0 Å². The summed E-state index contributed by atoms with van der Waals surface area (Å²) in [5.41, 5.74) is 1.22. The number of carbonyl (C=O) groups excluding carboxylic acids is 1. The molecule has 1 aromatic carbocycles. The van der Waals surface area contributed by atoms with Crippen LogP contribution in [-0.4, -0.2) is 17.9 Å². The Morgan fingerprint density at radius 2 is 2.07 bits per heavy atom. The number of nitrogens with one attached hydrogen (secondary N) is 1. The molecule has 3 heteroatoms. The van der Waals surface area contributed by atoms with Crippen LogP contribution in [0.2, 0.25) is 0 Å². The fourth-order valence-electron chi connectivity index (χ4n) is 1.45. The number of carbonyl (C=O) groups is 1. The van der Waals surface area contributed by atoms with Crippen molar-refractivity contribution in [2.24, 2.45) is 0 Å². The lowest BCUT2D eigenvalue weighted by atomic mass is 10.1. The summed E-state index contributed by atoms with van der Waals surface area (Å²) >= 11 is 0. The molecule has 76 valence electrons. The summed E-state index contributed by atoms with van der Waals surface area (Å²) < 4.78 is 5.13. The van der Waals surface area contributed by atoms with Crippen molar-refractivity contribution in [1.29, 1.82) is 0 Å². The van der Waals surface area contributed by atoms with Crippen LogP contribution >= 0.6 is 0 Å². The molecule has 0 saturated carbocycles. The number of H-pyrrole nitrogens is 1. The van der Waals surface area contributed by atoms with Crippen molar-refractivity contribution >= 4 is 5.78 Å². The predicted octanol–water partition coefficient (Wildman–Crippen LogP) is 2.25. The van der Waals surface area contributed by atoms with E-state index in [4.69, 9.17) is 4.74 Å². The van der Waals surface area contributed by atoms with E-state index in [1.807, 2.05) is 12.1 Å².